The van der Waals surface area contributed by atoms with Crippen LogP contribution in [0.1, 0.15) is 77.6 Å². The number of hydrogen-bond acceptors (Lipinski definition) is 8. The first kappa shape index (κ1) is 31.6. The summed E-state index contributed by atoms with van der Waals surface area (Å²) >= 11 is 0. The summed E-state index contributed by atoms with van der Waals surface area (Å²) in [5, 5.41) is 0. The number of cyclic esters (lactones) is 1. The van der Waals surface area contributed by atoms with Crippen molar-refractivity contribution in [1.82, 2.24) is 0 Å². The number of carbonyl (C=O) groups is 3. The molecule has 0 aromatic rings. The fraction of sp³-hybridized carbons (Fsp3) is 0.594. The van der Waals surface area contributed by atoms with Gasteiger partial charge in [-0.2, -0.15) is 0 Å². The van der Waals surface area contributed by atoms with Gasteiger partial charge in [-0.05, 0) is 57.9 Å². The Kier molecular flexibility index (Phi) is 13.4. The SMILES string of the molecule is COC(=O)/C=C1\CC2CC(=O)OC(/C=C/C=C\C=C(/C)CC(=O)OC)C/C=C/CCC3CCCC(CC(C1)O2)O3. The van der Waals surface area contributed by atoms with Crippen LogP contribution >= 0.6 is 0 Å². The Morgan fingerprint density at radius 1 is 0.925 bits per heavy atom. The number of rotatable bonds is 6. The molecule has 220 valence electrons. The van der Waals surface area contributed by atoms with Gasteiger partial charge in [-0.25, -0.2) is 4.79 Å². The first-order chi connectivity index (χ1) is 19.3. The van der Waals surface area contributed by atoms with Gasteiger partial charge in [0.25, 0.3) is 0 Å². The van der Waals surface area contributed by atoms with E-state index in [0.29, 0.717) is 19.3 Å². The lowest BCUT2D eigenvalue weighted by Crippen LogP contribution is -2.37. The third-order valence-corrected chi connectivity index (χ3v) is 7.30. The second-order valence-corrected chi connectivity index (χ2v) is 10.7. The maximum absolute atomic E-state index is 13.0. The van der Waals surface area contributed by atoms with E-state index in [9.17, 15) is 14.4 Å². The quantitative estimate of drug-likeness (QED) is 0.137. The molecule has 8 heteroatoms. The van der Waals surface area contributed by atoms with E-state index in [-0.39, 0.29) is 49.2 Å². The van der Waals surface area contributed by atoms with Crippen LogP contribution in [0.4, 0.5) is 0 Å². The van der Waals surface area contributed by atoms with Gasteiger partial charge in [0.1, 0.15) is 6.10 Å². The van der Waals surface area contributed by atoms with Crippen LogP contribution in [-0.4, -0.2) is 62.6 Å². The fourth-order valence-electron chi connectivity index (χ4n) is 5.33. The molecule has 0 saturated carbocycles. The molecule has 0 N–H and O–H groups in total. The molecule has 5 unspecified atom stereocenters. The smallest absolute Gasteiger partial charge is 0.330 e. The average Bonchev–Trinajstić information content (AvgIpc) is 2.91. The highest BCUT2D eigenvalue weighted by atomic mass is 16.6. The van der Waals surface area contributed by atoms with E-state index in [1.807, 2.05) is 37.3 Å². The molecule has 0 amide bonds. The average molecular weight is 557 g/mol. The minimum Gasteiger partial charge on any atom is -0.469 e. The van der Waals surface area contributed by atoms with Crippen molar-refractivity contribution in [3.63, 3.8) is 0 Å². The molecule has 3 heterocycles. The van der Waals surface area contributed by atoms with Crippen LogP contribution in [0, 0.1) is 0 Å². The van der Waals surface area contributed by atoms with Crippen LogP contribution in [0.5, 0.6) is 0 Å². The van der Waals surface area contributed by atoms with Gasteiger partial charge in [0.05, 0.1) is 51.5 Å². The van der Waals surface area contributed by atoms with Crippen molar-refractivity contribution in [2.75, 3.05) is 14.2 Å². The Morgan fingerprint density at radius 2 is 1.70 bits per heavy atom. The highest BCUT2D eigenvalue weighted by Crippen LogP contribution is 2.33. The first-order valence-corrected chi connectivity index (χ1v) is 14.3. The van der Waals surface area contributed by atoms with Crippen LogP contribution in [-0.2, 0) is 38.1 Å². The lowest BCUT2D eigenvalue weighted by atomic mass is 9.90. The van der Waals surface area contributed by atoms with Crippen LogP contribution in [0.15, 0.2) is 59.8 Å². The second kappa shape index (κ2) is 17.0. The zero-order chi connectivity index (χ0) is 28.7. The molecule has 0 radical (unpaired) electrons. The Balaban J connectivity index is 1.71. The van der Waals surface area contributed by atoms with Crippen molar-refractivity contribution in [3.05, 3.63) is 59.8 Å². The summed E-state index contributed by atoms with van der Waals surface area (Å²) in [6.07, 6.45) is 22.2. The third kappa shape index (κ3) is 11.6. The maximum Gasteiger partial charge on any atom is 0.330 e. The van der Waals surface area contributed by atoms with Crippen LogP contribution in [0.25, 0.3) is 0 Å². The molecule has 5 atom stereocenters. The molecule has 0 spiro atoms. The molecule has 3 aliphatic rings. The lowest BCUT2D eigenvalue weighted by molar-refractivity contribution is -0.153. The van der Waals surface area contributed by atoms with Gasteiger partial charge in [0.15, 0.2) is 0 Å². The van der Waals surface area contributed by atoms with E-state index in [1.54, 1.807) is 0 Å². The van der Waals surface area contributed by atoms with E-state index < -0.39 is 12.1 Å². The number of carbonyl (C=O) groups excluding carboxylic acids is 3. The minimum absolute atomic E-state index is 0.0997. The van der Waals surface area contributed by atoms with E-state index in [2.05, 4.69) is 16.9 Å². The first-order valence-electron chi connectivity index (χ1n) is 14.3. The normalized spacial score (nSPS) is 30.7. The largest absolute Gasteiger partial charge is 0.469 e. The molecule has 0 aromatic heterocycles. The summed E-state index contributed by atoms with van der Waals surface area (Å²) in [4.78, 5) is 36.3. The zero-order valence-electron chi connectivity index (χ0n) is 24.0. The topological polar surface area (TPSA) is 97.4 Å². The van der Waals surface area contributed by atoms with Crippen LogP contribution in [0.3, 0.4) is 0 Å². The molecule has 4 bridgehead atoms. The zero-order valence-corrected chi connectivity index (χ0v) is 24.0. The summed E-state index contributed by atoms with van der Waals surface area (Å²) in [5.74, 6) is -1.02. The number of ether oxygens (including phenoxy) is 5. The van der Waals surface area contributed by atoms with Crippen LogP contribution < -0.4 is 0 Å². The second-order valence-electron chi connectivity index (χ2n) is 10.7. The van der Waals surface area contributed by atoms with E-state index in [0.717, 1.165) is 49.7 Å². The molecule has 2 fully saturated rings. The van der Waals surface area contributed by atoms with Gasteiger partial charge < -0.3 is 23.7 Å². The summed E-state index contributed by atoms with van der Waals surface area (Å²) in [5.41, 5.74) is 1.81. The van der Waals surface area contributed by atoms with Gasteiger partial charge in [0.2, 0.25) is 0 Å². The van der Waals surface area contributed by atoms with Gasteiger partial charge in [0, 0.05) is 18.9 Å². The van der Waals surface area contributed by atoms with Crippen molar-refractivity contribution >= 4 is 17.9 Å². The van der Waals surface area contributed by atoms with E-state index >= 15 is 0 Å². The molecular formula is C32H44O8. The van der Waals surface area contributed by atoms with Crippen molar-refractivity contribution in [1.29, 1.82) is 0 Å². The minimum atomic E-state index is -0.429. The third-order valence-electron chi connectivity index (χ3n) is 7.30. The summed E-state index contributed by atoms with van der Waals surface area (Å²) in [6, 6.07) is 0. The standard InChI is InChI=1S/C32H44O8/c1-23(17-30(33)36-2)11-6-4-7-13-26-14-9-5-8-12-25-15-10-16-27(38-25)21-28-18-24(20-31(34)37-3)19-29(39-28)22-32(35)40-26/h4-7,9,11,13,20,25-29H,8,10,12,14-19,21-22H2,1-3H3/b6-4-,9-5+,13-7+,23-11+,24-20-. The predicted octanol–water partition coefficient (Wildman–Crippen LogP) is 5.63. The number of hydrogen-bond donors (Lipinski definition) is 0. The van der Waals surface area contributed by atoms with Crippen molar-refractivity contribution in [2.45, 2.75) is 108 Å². The van der Waals surface area contributed by atoms with Crippen molar-refractivity contribution in [3.8, 4) is 0 Å². The van der Waals surface area contributed by atoms with Crippen molar-refractivity contribution < 1.29 is 38.1 Å². The molecule has 0 aromatic carbocycles. The molecule has 0 aliphatic carbocycles. The summed E-state index contributed by atoms with van der Waals surface area (Å²) in [6.45, 7) is 1.86. The van der Waals surface area contributed by atoms with Gasteiger partial charge in [-0.15, -0.1) is 0 Å². The molecule has 8 nitrogen and oxygen atoms in total. The van der Waals surface area contributed by atoms with E-state index in [1.165, 1.54) is 20.3 Å². The Morgan fingerprint density at radius 3 is 2.50 bits per heavy atom. The van der Waals surface area contributed by atoms with Crippen molar-refractivity contribution in [2.24, 2.45) is 0 Å². The fourth-order valence-corrected chi connectivity index (χ4v) is 5.33. The highest BCUT2D eigenvalue weighted by molar-refractivity contribution is 5.82. The Hall–Kier alpha value is -2.97. The van der Waals surface area contributed by atoms with Gasteiger partial charge in [-0.3, -0.25) is 9.59 Å². The van der Waals surface area contributed by atoms with Gasteiger partial charge in [-0.1, -0.05) is 47.6 Å². The van der Waals surface area contributed by atoms with E-state index in [4.69, 9.17) is 18.9 Å². The number of methoxy groups -OCH3 is 2. The number of allylic oxidation sites excluding steroid dienone is 5. The molecule has 3 aliphatic heterocycles. The Labute approximate surface area is 238 Å². The number of esters is 3. The molecule has 40 heavy (non-hydrogen) atoms. The highest BCUT2D eigenvalue weighted by Gasteiger charge is 2.32. The number of fused-ring (bicyclic) bond motifs is 4. The Bertz CT molecular complexity index is 1000. The molecule has 2 saturated heterocycles. The van der Waals surface area contributed by atoms with Crippen LogP contribution in [0.2, 0.25) is 0 Å². The lowest BCUT2D eigenvalue weighted by Gasteiger charge is -2.36. The maximum atomic E-state index is 13.0. The summed E-state index contributed by atoms with van der Waals surface area (Å²) in [7, 11) is 2.73. The monoisotopic (exact) mass is 556 g/mol. The predicted molar refractivity (Wildman–Crippen MR) is 151 cm³/mol. The molecular weight excluding hydrogens is 512 g/mol. The summed E-state index contributed by atoms with van der Waals surface area (Å²) < 4.78 is 28.1. The van der Waals surface area contributed by atoms with Gasteiger partial charge >= 0.3 is 17.9 Å². The molecule has 3 rings (SSSR count).